The van der Waals surface area contributed by atoms with Crippen LogP contribution in [0.5, 0.6) is 0 Å². The maximum absolute atomic E-state index is 14.6. The quantitative estimate of drug-likeness (QED) is 0.172. The van der Waals surface area contributed by atoms with Gasteiger partial charge in [-0.25, -0.2) is 17.6 Å². The highest BCUT2D eigenvalue weighted by Gasteiger charge is 2.25. The van der Waals surface area contributed by atoms with Crippen LogP contribution in [-0.2, 0) is 0 Å². The van der Waals surface area contributed by atoms with Crippen molar-refractivity contribution in [3.05, 3.63) is 70.4 Å². The Bertz CT molecular complexity index is 928. The van der Waals surface area contributed by atoms with E-state index < -0.39 is 23.3 Å². The third kappa shape index (κ3) is 8.54. The van der Waals surface area contributed by atoms with Gasteiger partial charge in [0.2, 0.25) is 0 Å². The van der Waals surface area contributed by atoms with Gasteiger partial charge in [-0.05, 0) is 79.1 Å². The number of rotatable bonds is 10. The van der Waals surface area contributed by atoms with Crippen molar-refractivity contribution in [3.8, 4) is 11.8 Å². The van der Waals surface area contributed by atoms with Crippen LogP contribution in [-0.4, -0.2) is 0 Å². The topological polar surface area (TPSA) is 0 Å². The van der Waals surface area contributed by atoms with Gasteiger partial charge in [-0.2, -0.15) is 0 Å². The van der Waals surface area contributed by atoms with E-state index in [2.05, 4.69) is 38.8 Å². The molecule has 0 aromatic heterocycles. The Morgan fingerprint density at radius 3 is 2.21 bits per heavy atom. The molecule has 4 heteroatoms. The maximum Gasteiger partial charge on any atom is 0.170 e. The molecule has 0 spiro atoms. The molecule has 2 atom stereocenters. The van der Waals surface area contributed by atoms with E-state index in [0.717, 1.165) is 12.8 Å². The van der Waals surface area contributed by atoms with Crippen LogP contribution in [0.3, 0.4) is 0 Å². The maximum atomic E-state index is 14.6. The van der Waals surface area contributed by atoms with Crippen molar-refractivity contribution in [1.29, 1.82) is 0 Å². The number of hydrogen-bond donors (Lipinski definition) is 0. The monoisotopic (exact) mass is 462 g/mol. The average molecular weight is 463 g/mol. The van der Waals surface area contributed by atoms with Crippen LogP contribution in [0.1, 0.15) is 80.1 Å². The third-order valence-corrected chi connectivity index (χ3v) is 6.15. The lowest BCUT2D eigenvalue weighted by Gasteiger charge is -2.21. The average Bonchev–Trinajstić information content (AvgIpc) is 2.79. The van der Waals surface area contributed by atoms with Gasteiger partial charge < -0.3 is 0 Å². The van der Waals surface area contributed by atoms with Gasteiger partial charge >= 0.3 is 0 Å². The molecule has 0 N–H and O–H groups in total. The number of halogens is 4. The summed E-state index contributed by atoms with van der Waals surface area (Å²) in [6.07, 6.45) is 5.15. The predicted octanol–water partition coefficient (Wildman–Crippen LogP) is 9.95. The molecule has 0 nitrogen and oxygen atoms in total. The third-order valence-electron chi connectivity index (χ3n) is 6.15. The predicted molar refractivity (Wildman–Crippen MR) is 132 cm³/mol. The molecular formula is C29H38F4. The van der Waals surface area contributed by atoms with Gasteiger partial charge in [-0.1, -0.05) is 72.1 Å². The molecule has 0 amide bonds. The molecule has 0 bridgehead atoms. The second-order valence-corrected chi connectivity index (χ2v) is 9.39. The van der Waals surface area contributed by atoms with Crippen molar-refractivity contribution in [2.45, 2.75) is 80.1 Å². The molecule has 0 fully saturated rings. The Kier molecular flexibility index (Phi) is 11.7. The van der Waals surface area contributed by atoms with E-state index >= 15 is 0 Å². The van der Waals surface area contributed by atoms with Crippen molar-refractivity contribution >= 4 is 0 Å². The summed E-state index contributed by atoms with van der Waals surface area (Å²) in [5.41, 5.74) is 1.53. The van der Waals surface area contributed by atoms with Crippen LogP contribution >= 0.6 is 0 Å². The lowest BCUT2D eigenvalue weighted by atomic mass is 9.85. The summed E-state index contributed by atoms with van der Waals surface area (Å²) in [5.74, 6) is 2.28. The first-order valence-electron chi connectivity index (χ1n) is 11.8. The van der Waals surface area contributed by atoms with Gasteiger partial charge in [0.05, 0.1) is 0 Å². The minimum atomic E-state index is -0.971. The van der Waals surface area contributed by atoms with Crippen molar-refractivity contribution < 1.29 is 17.6 Å². The first kappa shape index (κ1) is 28.8. The molecule has 182 valence electrons. The van der Waals surface area contributed by atoms with E-state index in [-0.39, 0.29) is 28.6 Å². The molecule has 0 radical (unpaired) electrons. The fraction of sp³-hybridized carbons (Fsp3) is 0.517. The fourth-order valence-corrected chi connectivity index (χ4v) is 3.48. The normalized spacial score (nSPS) is 17.5. The summed E-state index contributed by atoms with van der Waals surface area (Å²) in [7, 11) is 0. The van der Waals surface area contributed by atoms with E-state index in [1.165, 1.54) is 0 Å². The Morgan fingerprint density at radius 2 is 1.64 bits per heavy atom. The highest BCUT2D eigenvalue weighted by atomic mass is 19.2. The number of hydrogen-bond acceptors (Lipinski definition) is 0. The SMILES string of the molecule is C=C(CC)/C(F)=C(/F)C(=C)C(C)C/C=C(\C)C#CC1=C(F)C(F)=C(C(C)CCC(C)C)CC1. The zero-order chi connectivity index (χ0) is 25.3. The zero-order valence-electron chi connectivity index (χ0n) is 21.0. The van der Waals surface area contributed by atoms with Crippen LogP contribution in [0.4, 0.5) is 17.6 Å². The van der Waals surface area contributed by atoms with Gasteiger partial charge in [0.15, 0.2) is 23.3 Å². The fourth-order valence-electron chi connectivity index (χ4n) is 3.48. The van der Waals surface area contributed by atoms with Crippen LogP contribution in [0.15, 0.2) is 70.4 Å². The molecular weight excluding hydrogens is 424 g/mol. The van der Waals surface area contributed by atoms with Crippen LogP contribution in [0.2, 0.25) is 0 Å². The van der Waals surface area contributed by atoms with E-state index in [4.69, 9.17) is 0 Å². The van der Waals surface area contributed by atoms with Crippen molar-refractivity contribution in [2.75, 3.05) is 0 Å². The standard InChI is InChI=1S/C29H38F4/c1-9-20(5)26(30)27(31)23(8)21(6)14-11-19(4)12-15-24-16-17-25(29(33)28(24)32)22(7)13-10-18(2)3/h11,18,21-22H,5,8-10,13-14,16-17H2,1-4,6-7H3/b19-11+,27-26-. The Balaban J connectivity index is 2.90. The van der Waals surface area contributed by atoms with Gasteiger partial charge in [-0.15, -0.1) is 0 Å². The van der Waals surface area contributed by atoms with E-state index in [1.54, 1.807) is 26.8 Å². The molecule has 0 aromatic rings. The van der Waals surface area contributed by atoms with E-state index in [9.17, 15) is 17.6 Å². The highest BCUT2D eigenvalue weighted by Crippen LogP contribution is 2.37. The van der Waals surface area contributed by atoms with Crippen LogP contribution in [0, 0.1) is 29.6 Å². The molecule has 1 rings (SSSR count). The summed E-state index contributed by atoms with van der Waals surface area (Å²) in [4.78, 5) is 0. The van der Waals surface area contributed by atoms with Crippen LogP contribution < -0.4 is 0 Å². The first-order valence-corrected chi connectivity index (χ1v) is 11.8. The first-order chi connectivity index (χ1) is 15.4. The van der Waals surface area contributed by atoms with E-state index in [0.29, 0.717) is 42.7 Å². The summed E-state index contributed by atoms with van der Waals surface area (Å²) < 4.78 is 57.5. The lowest BCUT2D eigenvalue weighted by molar-refractivity contribution is 0.445. The Hall–Kier alpha value is -2.28. The summed E-state index contributed by atoms with van der Waals surface area (Å²) in [6.45, 7) is 18.6. The summed E-state index contributed by atoms with van der Waals surface area (Å²) in [6, 6.07) is 0. The lowest BCUT2D eigenvalue weighted by Crippen LogP contribution is -2.09. The summed E-state index contributed by atoms with van der Waals surface area (Å²) >= 11 is 0. The largest absolute Gasteiger partial charge is 0.204 e. The van der Waals surface area contributed by atoms with Gasteiger partial charge in [0, 0.05) is 5.57 Å². The number of allylic oxidation sites excluding steroid dienone is 10. The Morgan fingerprint density at radius 1 is 1.00 bits per heavy atom. The second-order valence-electron chi connectivity index (χ2n) is 9.39. The van der Waals surface area contributed by atoms with Gasteiger partial charge in [0.1, 0.15) is 0 Å². The molecule has 0 aromatic carbocycles. The van der Waals surface area contributed by atoms with Crippen LogP contribution in [0.25, 0.3) is 0 Å². The molecule has 0 aliphatic heterocycles. The van der Waals surface area contributed by atoms with Crippen molar-refractivity contribution in [3.63, 3.8) is 0 Å². The molecule has 0 heterocycles. The highest BCUT2D eigenvalue weighted by molar-refractivity contribution is 5.46. The zero-order valence-corrected chi connectivity index (χ0v) is 21.0. The minimum Gasteiger partial charge on any atom is -0.204 e. The smallest absolute Gasteiger partial charge is 0.170 e. The molecule has 2 unspecified atom stereocenters. The molecule has 0 saturated carbocycles. The van der Waals surface area contributed by atoms with Crippen molar-refractivity contribution in [1.82, 2.24) is 0 Å². The van der Waals surface area contributed by atoms with Gasteiger partial charge in [0.25, 0.3) is 0 Å². The minimum absolute atomic E-state index is 0.0117. The second kappa shape index (κ2) is 13.4. The molecule has 1 aliphatic rings. The molecule has 0 saturated heterocycles. The molecule has 33 heavy (non-hydrogen) atoms. The van der Waals surface area contributed by atoms with Crippen molar-refractivity contribution in [2.24, 2.45) is 17.8 Å². The van der Waals surface area contributed by atoms with Gasteiger partial charge in [-0.3, -0.25) is 0 Å². The van der Waals surface area contributed by atoms with E-state index in [1.807, 2.05) is 6.92 Å². The molecule has 1 aliphatic carbocycles. The Labute approximate surface area is 197 Å². The summed E-state index contributed by atoms with van der Waals surface area (Å²) in [5, 5.41) is 0.